The van der Waals surface area contributed by atoms with Gasteiger partial charge in [-0.1, -0.05) is 0 Å². The van der Waals surface area contributed by atoms with Gasteiger partial charge in [0.2, 0.25) is 5.95 Å². The van der Waals surface area contributed by atoms with Crippen LogP contribution in [0.25, 0.3) is 11.0 Å². The van der Waals surface area contributed by atoms with Crippen molar-refractivity contribution in [3.8, 4) is 5.75 Å². The van der Waals surface area contributed by atoms with Crippen LogP contribution in [0, 0.1) is 5.92 Å². The average Bonchev–Trinajstić information content (AvgIpc) is 3.15. The van der Waals surface area contributed by atoms with Gasteiger partial charge >= 0.3 is 0 Å². The van der Waals surface area contributed by atoms with E-state index in [-0.39, 0.29) is 5.54 Å². The molecule has 186 valence electrons. The van der Waals surface area contributed by atoms with E-state index >= 15 is 0 Å². The smallest absolute Gasteiger partial charge is 0.229 e. The third-order valence-corrected chi connectivity index (χ3v) is 8.08. The van der Waals surface area contributed by atoms with Crippen LogP contribution in [0.1, 0.15) is 31.2 Å². The molecule has 9 heteroatoms. The molecule has 2 aromatic heterocycles. The van der Waals surface area contributed by atoms with Gasteiger partial charge in [0.25, 0.3) is 0 Å². The highest BCUT2D eigenvalue weighted by molar-refractivity contribution is 5.79. The van der Waals surface area contributed by atoms with Crippen molar-refractivity contribution in [2.75, 3.05) is 64.6 Å². The first-order valence-electron chi connectivity index (χ1n) is 12.5. The average molecular weight is 478 g/mol. The van der Waals surface area contributed by atoms with Crippen molar-refractivity contribution in [1.29, 1.82) is 0 Å². The molecule has 1 unspecified atom stereocenters. The maximum absolute atomic E-state index is 10.9. The van der Waals surface area contributed by atoms with Crippen LogP contribution in [-0.4, -0.2) is 83.9 Å². The molecular weight excluding hydrogens is 442 g/mol. The molecule has 0 amide bonds. The van der Waals surface area contributed by atoms with Gasteiger partial charge in [0.05, 0.1) is 18.5 Å². The number of aromatic nitrogens is 3. The number of methoxy groups -OCH3 is 1. The minimum atomic E-state index is -0.680. The second-order valence-corrected chi connectivity index (χ2v) is 10.7. The number of anilines is 3. The molecule has 4 fully saturated rings. The molecule has 7 rings (SSSR count). The molecule has 1 aromatic carbocycles. The van der Waals surface area contributed by atoms with Crippen LogP contribution < -0.4 is 15.0 Å². The van der Waals surface area contributed by atoms with E-state index in [1.165, 1.54) is 19.3 Å². The van der Waals surface area contributed by atoms with Gasteiger partial charge in [-0.15, -0.1) is 0 Å². The van der Waals surface area contributed by atoms with Crippen LogP contribution in [0.3, 0.4) is 0 Å². The Kier molecular flexibility index (Phi) is 5.39. The number of aliphatic hydroxyl groups excluding tert-OH is 1. The van der Waals surface area contributed by atoms with Crippen molar-refractivity contribution in [2.24, 2.45) is 5.92 Å². The number of ether oxygens (including phenoxy) is 1. The molecule has 0 radical (unpaired) electrons. The van der Waals surface area contributed by atoms with E-state index in [1.807, 2.05) is 37.3 Å². The lowest BCUT2D eigenvalue weighted by Crippen LogP contribution is -2.60. The van der Waals surface area contributed by atoms with Gasteiger partial charge in [0, 0.05) is 55.1 Å². The molecule has 1 atom stereocenters. The Labute approximate surface area is 206 Å². The first kappa shape index (κ1) is 22.6. The zero-order valence-corrected chi connectivity index (χ0v) is 21.0. The molecule has 1 aliphatic heterocycles. The van der Waals surface area contributed by atoms with E-state index in [4.69, 9.17) is 9.72 Å². The third kappa shape index (κ3) is 3.73. The van der Waals surface area contributed by atoms with Gasteiger partial charge < -0.3 is 29.5 Å². The van der Waals surface area contributed by atoms with Gasteiger partial charge in [-0.25, -0.2) is 4.98 Å². The van der Waals surface area contributed by atoms with Crippen LogP contribution in [0.2, 0.25) is 0 Å². The fourth-order valence-corrected chi connectivity index (χ4v) is 5.92. The maximum Gasteiger partial charge on any atom is 0.229 e. The molecule has 4 aliphatic rings. The van der Waals surface area contributed by atoms with Crippen molar-refractivity contribution in [1.82, 2.24) is 24.3 Å². The highest BCUT2D eigenvalue weighted by Crippen LogP contribution is 2.63. The number of hydrogen-bond acceptors (Lipinski definition) is 8. The number of nitrogens with zero attached hydrogens (tertiary/aromatic N) is 6. The molecule has 2 N–H and O–H groups in total. The molecule has 2 bridgehead atoms. The van der Waals surface area contributed by atoms with Crippen molar-refractivity contribution in [2.45, 2.75) is 31.0 Å². The van der Waals surface area contributed by atoms with Crippen LogP contribution in [0.5, 0.6) is 5.75 Å². The largest absolute Gasteiger partial charge is 0.495 e. The SMILES string of the molecule is COc1cc(Nc2ncc3cc(C(O)N(C)C)n(C45CC(C4)C5)c3n2)ccc1N1CCN(C)CC1. The summed E-state index contributed by atoms with van der Waals surface area (Å²) in [4.78, 5) is 16.1. The lowest BCUT2D eigenvalue weighted by atomic mass is 9.49. The first-order valence-corrected chi connectivity index (χ1v) is 12.5. The number of piperazine rings is 1. The predicted molar refractivity (Wildman–Crippen MR) is 137 cm³/mol. The van der Waals surface area contributed by atoms with Crippen molar-refractivity contribution < 1.29 is 9.84 Å². The molecule has 9 nitrogen and oxygen atoms in total. The zero-order valence-electron chi connectivity index (χ0n) is 21.0. The van der Waals surface area contributed by atoms with Gasteiger partial charge in [-0.05, 0) is 64.5 Å². The standard InChI is InChI=1S/C26H35N7O2/c1-30(2)24(34)21-11-18-16-27-25(29-23(18)33(21)26-13-17(14-26)15-26)28-19-5-6-20(22(12-19)35-4)32-9-7-31(3)8-10-32/h5-6,11-12,16-17,24,34H,7-10,13-15H2,1-4H3,(H,27,28,29). The second kappa shape index (κ2) is 8.36. The Morgan fingerprint density at radius 3 is 2.51 bits per heavy atom. The topological polar surface area (TPSA) is 81.9 Å². The van der Waals surface area contributed by atoms with Crippen molar-refractivity contribution >= 4 is 28.4 Å². The number of aliphatic hydroxyl groups is 1. The van der Waals surface area contributed by atoms with E-state index in [0.717, 1.165) is 65.9 Å². The van der Waals surface area contributed by atoms with Crippen LogP contribution in [-0.2, 0) is 5.54 Å². The Hall–Kier alpha value is -2.88. The monoisotopic (exact) mass is 477 g/mol. The zero-order chi connectivity index (χ0) is 24.3. The number of fused-ring (bicyclic) bond motifs is 1. The van der Waals surface area contributed by atoms with E-state index < -0.39 is 6.23 Å². The highest BCUT2D eigenvalue weighted by atomic mass is 16.5. The Balaban J connectivity index is 1.31. The Morgan fingerprint density at radius 2 is 1.89 bits per heavy atom. The van der Waals surface area contributed by atoms with Gasteiger partial charge in [0.15, 0.2) is 0 Å². The molecule has 3 heterocycles. The van der Waals surface area contributed by atoms with E-state index in [2.05, 4.69) is 43.8 Å². The molecular formula is C26H35N7O2. The number of rotatable bonds is 7. The van der Waals surface area contributed by atoms with Gasteiger partial charge in [0.1, 0.15) is 17.6 Å². The van der Waals surface area contributed by atoms with E-state index in [0.29, 0.717) is 5.95 Å². The van der Waals surface area contributed by atoms with Crippen molar-refractivity contribution in [3.63, 3.8) is 0 Å². The summed E-state index contributed by atoms with van der Waals surface area (Å²) >= 11 is 0. The van der Waals surface area contributed by atoms with Gasteiger partial charge in [-0.3, -0.25) is 4.90 Å². The normalized spacial score (nSPS) is 24.9. The van der Waals surface area contributed by atoms with E-state index in [1.54, 1.807) is 7.11 Å². The fourth-order valence-electron chi connectivity index (χ4n) is 5.92. The van der Waals surface area contributed by atoms with Crippen molar-refractivity contribution in [3.05, 3.63) is 36.2 Å². The molecule has 0 spiro atoms. The molecule has 3 aliphatic carbocycles. The third-order valence-electron chi connectivity index (χ3n) is 8.08. The molecule has 35 heavy (non-hydrogen) atoms. The lowest BCUT2D eigenvalue weighted by Gasteiger charge is -2.63. The maximum atomic E-state index is 10.9. The molecule has 1 saturated heterocycles. The minimum absolute atomic E-state index is 0.0950. The summed E-state index contributed by atoms with van der Waals surface area (Å²) in [5, 5.41) is 15.2. The summed E-state index contributed by atoms with van der Waals surface area (Å²) in [5.41, 5.74) is 3.88. The lowest BCUT2D eigenvalue weighted by molar-refractivity contribution is -0.0945. The Morgan fingerprint density at radius 1 is 1.14 bits per heavy atom. The predicted octanol–water partition coefficient (Wildman–Crippen LogP) is 3.00. The number of benzene rings is 1. The van der Waals surface area contributed by atoms with Gasteiger partial charge in [-0.2, -0.15) is 4.98 Å². The first-order chi connectivity index (χ1) is 16.9. The fraction of sp³-hybridized carbons (Fsp3) is 0.538. The summed E-state index contributed by atoms with van der Waals surface area (Å²) in [5.74, 6) is 2.21. The molecule has 3 aromatic rings. The Bertz CT molecular complexity index is 1230. The summed E-state index contributed by atoms with van der Waals surface area (Å²) in [7, 11) is 7.67. The molecule has 3 saturated carbocycles. The summed E-state index contributed by atoms with van der Waals surface area (Å²) in [6.07, 6.45) is 4.68. The minimum Gasteiger partial charge on any atom is -0.495 e. The quantitative estimate of drug-likeness (QED) is 0.503. The number of likely N-dealkylation sites (N-methyl/N-ethyl adjacent to an activating group) is 1. The van der Waals surface area contributed by atoms with Crippen LogP contribution in [0.4, 0.5) is 17.3 Å². The van der Waals surface area contributed by atoms with Crippen LogP contribution in [0.15, 0.2) is 30.5 Å². The van der Waals surface area contributed by atoms with E-state index in [9.17, 15) is 5.11 Å². The number of nitrogens with one attached hydrogen (secondary N) is 1. The second-order valence-electron chi connectivity index (χ2n) is 10.7. The summed E-state index contributed by atoms with van der Waals surface area (Å²) in [6, 6.07) is 8.23. The summed E-state index contributed by atoms with van der Waals surface area (Å²) < 4.78 is 8.03. The highest BCUT2D eigenvalue weighted by Gasteiger charge is 2.59. The number of hydrogen-bond donors (Lipinski definition) is 2. The van der Waals surface area contributed by atoms with Crippen LogP contribution >= 0.6 is 0 Å². The summed E-state index contributed by atoms with van der Waals surface area (Å²) in [6.45, 7) is 4.06.